The van der Waals surface area contributed by atoms with Crippen molar-refractivity contribution in [2.24, 2.45) is 0 Å². The number of benzene rings is 1. The molecule has 1 aromatic carbocycles. The van der Waals surface area contributed by atoms with Gasteiger partial charge in [-0.1, -0.05) is 55.6 Å². The van der Waals surface area contributed by atoms with E-state index >= 15 is 0 Å². The summed E-state index contributed by atoms with van der Waals surface area (Å²) in [5.74, 6) is 0.249. The minimum Gasteiger partial charge on any atom is -0.353 e. The summed E-state index contributed by atoms with van der Waals surface area (Å²) in [4.78, 5) is 43.3. The molecule has 0 aliphatic heterocycles. The molecule has 0 saturated heterocycles. The molecule has 2 amide bonds. The second kappa shape index (κ2) is 11.1. The molecule has 0 spiro atoms. The number of nitrogens with zero attached hydrogens (tertiary/aromatic N) is 2. The molecule has 0 radical (unpaired) electrons. The van der Waals surface area contributed by atoms with Gasteiger partial charge >= 0.3 is 0 Å². The standard InChI is InChI=1S/C26H32N4O3S2/c31-21(27-17-8-1-2-9-17)14-7-15-30-25(33)24-23(19-12-5-6-13-20(19)35-24)29-26(30)34-16-22(32)28-18-10-3-4-11-18/h5-6,12-13,17-18H,1-4,7-11,14-16H2,(H,27,31)(H,28,32). The van der Waals surface area contributed by atoms with Gasteiger partial charge in [0.05, 0.1) is 11.3 Å². The van der Waals surface area contributed by atoms with Crippen LogP contribution in [0.3, 0.4) is 0 Å². The highest BCUT2D eigenvalue weighted by Gasteiger charge is 2.21. The second-order valence-corrected chi connectivity index (χ2v) is 11.6. The van der Waals surface area contributed by atoms with Crippen LogP contribution in [0.5, 0.6) is 0 Å². The highest BCUT2D eigenvalue weighted by Crippen LogP contribution is 2.32. The van der Waals surface area contributed by atoms with Gasteiger partial charge in [-0.2, -0.15) is 0 Å². The molecule has 2 fully saturated rings. The van der Waals surface area contributed by atoms with Crippen LogP contribution in [0, 0.1) is 0 Å². The Balaban J connectivity index is 1.34. The van der Waals surface area contributed by atoms with E-state index < -0.39 is 0 Å². The fraction of sp³-hybridized carbons (Fsp3) is 0.538. The summed E-state index contributed by atoms with van der Waals surface area (Å²) in [6.07, 6.45) is 9.79. The first kappa shape index (κ1) is 24.3. The Bertz CT molecular complexity index is 1270. The Labute approximate surface area is 213 Å². The van der Waals surface area contributed by atoms with Gasteiger partial charge in [0, 0.05) is 35.1 Å². The lowest BCUT2D eigenvalue weighted by atomic mass is 10.2. The van der Waals surface area contributed by atoms with Gasteiger partial charge in [-0.15, -0.1) is 11.3 Å². The highest BCUT2D eigenvalue weighted by atomic mass is 32.2. The fourth-order valence-corrected chi connectivity index (χ4v) is 7.12. The van der Waals surface area contributed by atoms with E-state index in [0.717, 1.165) is 48.6 Å². The van der Waals surface area contributed by atoms with Crippen molar-refractivity contribution in [3.8, 4) is 0 Å². The first-order valence-electron chi connectivity index (χ1n) is 12.7. The number of thioether (sulfide) groups is 1. The van der Waals surface area contributed by atoms with Crippen LogP contribution in [0.15, 0.2) is 34.2 Å². The average Bonchev–Trinajstić information content (AvgIpc) is 3.61. The van der Waals surface area contributed by atoms with Gasteiger partial charge in [-0.05, 0) is 38.2 Å². The fourth-order valence-electron chi connectivity index (χ4n) is 5.20. The van der Waals surface area contributed by atoms with E-state index in [2.05, 4.69) is 10.6 Å². The number of hydrogen-bond donors (Lipinski definition) is 2. The Kier molecular flexibility index (Phi) is 7.72. The molecule has 5 rings (SSSR count). The minimum absolute atomic E-state index is 0.0195. The molecule has 2 saturated carbocycles. The van der Waals surface area contributed by atoms with Gasteiger partial charge in [0.15, 0.2) is 5.16 Å². The molecule has 0 bridgehead atoms. The van der Waals surface area contributed by atoms with E-state index in [9.17, 15) is 14.4 Å². The predicted molar refractivity (Wildman–Crippen MR) is 142 cm³/mol. The molecule has 0 atom stereocenters. The Morgan fingerprint density at radius 2 is 1.66 bits per heavy atom. The summed E-state index contributed by atoms with van der Waals surface area (Å²) < 4.78 is 3.31. The van der Waals surface area contributed by atoms with Crippen LogP contribution in [0.25, 0.3) is 20.3 Å². The Morgan fingerprint density at radius 3 is 2.37 bits per heavy atom. The topological polar surface area (TPSA) is 93.1 Å². The highest BCUT2D eigenvalue weighted by molar-refractivity contribution is 7.99. The molecule has 2 aliphatic carbocycles. The van der Waals surface area contributed by atoms with Gasteiger partial charge in [-0.3, -0.25) is 19.0 Å². The van der Waals surface area contributed by atoms with Crippen LogP contribution < -0.4 is 16.2 Å². The monoisotopic (exact) mass is 512 g/mol. The van der Waals surface area contributed by atoms with E-state index in [1.807, 2.05) is 24.3 Å². The molecule has 2 N–H and O–H groups in total. The molecule has 186 valence electrons. The first-order valence-corrected chi connectivity index (χ1v) is 14.5. The lowest BCUT2D eigenvalue weighted by Gasteiger charge is -2.15. The summed E-state index contributed by atoms with van der Waals surface area (Å²) in [6, 6.07) is 8.46. The summed E-state index contributed by atoms with van der Waals surface area (Å²) in [5, 5.41) is 7.74. The van der Waals surface area contributed by atoms with Crippen molar-refractivity contribution in [2.75, 3.05) is 5.75 Å². The normalized spacial score (nSPS) is 16.9. The quantitative estimate of drug-likeness (QED) is 0.323. The number of aromatic nitrogens is 2. The number of rotatable bonds is 9. The van der Waals surface area contributed by atoms with Gasteiger partial charge < -0.3 is 10.6 Å². The third kappa shape index (κ3) is 5.72. The molecule has 35 heavy (non-hydrogen) atoms. The molecule has 7 nitrogen and oxygen atoms in total. The second-order valence-electron chi connectivity index (χ2n) is 9.62. The summed E-state index contributed by atoms with van der Waals surface area (Å²) >= 11 is 2.76. The van der Waals surface area contributed by atoms with Crippen molar-refractivity contribution in [1.29, 1.82) is 0 Å². The average molecular weight is 513 g/mol. The van der Waals surface area contributed by atoms with Crippen LogP contribution in [0.1, 0.15) is 64.2 Å². The van der Waals surface area contributed by atoms with Crippen molar-refractivity contribution in [2.45, 2.75) is 88.0 Å². The van der Waals surface area contributed by atoms with Crippen molar-refractivity contribution in [1.82, 2.24) is 20.2 Å². The summed E-state index contributed by atoms with van der Waals surface area (Å²) in [5.41, 5.74) is 0.607. The largest absolute Gasteiger partial charge is 0.353 e. The van der Waals surface area contributed by atoms with E-state index in [1.165, 1.54) is 35.9 Å². The maximum atomic E-state index is 13.5. The molecular weight excluding hydrogens is 480 g/mol. The number of carbonyl (C=O) groups is 2. The number of carbonyl (C=O) groups excluding carboxylic acids is 2. The van der Waals surface area contributed by atoms with Crippen LogP contribution >= 0.6 is 23.1 Å². The third-order valence-corrected chi connectivity index (χ3v) is 9.13. The molecule has 2 aliphatic rings. The smallest absolute Gasteiger partial charge is 0.272 e. The van der Waals surface area contributed by atoms with Gasteiger partial charge in [0.1, 0.15) is 4.70 Å². The number of fused-ring (bicyclic) bond motifs is 3. The van der Waals surface area contributed by atoms with Gasteiger partial charge in [0.2, 0.25) is 11.8 Å². The zero-order chi connectivity index (χ0) is 24.2. The van der Waals surface area contributed by atoms with Crippen LogP contribution in [0.2, 0.25) is 0 Å². The minimum atomic E-state index is -0.0916. The predicted octanol–water partition coefficient (Wildman–Crippen LogP) is 4.60. The van der Waals surface area contributed by atoms with Crippen LogP contribution in [-0.4, -0.2) is 39.2 Å². The van der Waals surface area contributed by atoms with Crippen LogP contribution in [-0.2, 0) is 16.1 Å². The summed E-state index contributed by atoms with van der Waals surface area (Å²) in [7, 11) is 0. The van der Waals surface area contributed by atoms with Crippen molar-refractivity contribution in [3.05, 3.63) is 34.6 Å². The zero-order valence-corrected chi connectivity index (χ0v) is 21.5. The lowest BCUT2D eigenvalue weighted by molar-refractivity contribution is -0.122. The van der Waals surface area contributed by atoms with E-state index in [1.54, 1.807) is 4.57 Å². The van der Waals surface area contributed by atoms with E-state index in [4.69, 9.17) is 4.98 Å². The number of thiophene rings is 1. The SMILES string of the molecule is O=C(CCCn1c(SCC(=O)NC2CCCC2)nc2c(sc3ccccc32)c1=O)NC1CCCC1. The van der Waals surface area contributed by atoms with E-state index in [0.29, 0.717) is 40.8 Å². The third-order valence-electron chi connectivity index (χ3n) is 7.01. The van der Waals surface area contributed by atoms with Crippen molar-refractivity contribution in [3.63, 3.8) is 0 Å². The van der Waals surface area contributed by atoms with Gasteiger partial charge in [0.25, 0.3) is 5.56 Å². The first-order chi connectivity index (χ1) is 17.1. The van der Waals surface area contributed by atoms with Crippen molar-refractivity contribution < 1.29 is 9.59 Å². The maximum absolute atomic E-state index is 13.5. The number of nitrogens with one attached hydrogen (secondary N) is 2. The molecule has 3 aromatic rings. The molecule has 2 aromatic heterocycles. The summed E-state index contributed by atoms with van der Waals surface area (Å²) in [6.45, 7) is 0.403. The van der Waals surface area contributed by atoms with E-state index in [-0.39, 0.29) is 29.2 Å². The molecule has 9 heteroatoms. The Morgan fingerprint density at radius 1 is 1.00 bits per heavy atom. The molecular formula is C26H32N4O3S2. The van der Waals surface area contributed by atoms with Crippen molar-refractivity contribution >= 4 is 55.2 Å². The van der Waals surface area contributed by atoms with Gasteiger partial charge in [-0.25, -0.2) is 4.98 Å². The van der Waals surface area contributed by atoms with Crippen LogP contribution in [0.4, 0.5) is 0 Å². The lowest BCUT2D eigenvalue weighted by Crippen LogP contribution is -2.34. The Hall–Kier alpha value is -2.39. The molecule has 0 unspecified atom stereocenters. The molecule has 2 heterocycles. The maximum Gasteiger partial charge on any atom is 0.272 e. The number of amides is 2. The number of hydrogen-bond acceptors (Lipinski definition) is 6. The zero-order valence-electron chi connectivity index (χ0n) is 19.9.